The predicted molar refractivity (Wildman–Crippen MR) is 61.2 cm³/mol. The Balaban J connectivity index is 3.13. The van der Waals surface area contributed by atoms with Crippen molar-refractivity contribution < 1.29 is 9.47 Å². The van der Waals surface area contributed by atoms with Crippen molar-refractivity contribution in [1.29, 1.82) is 5.26 Å². The smallest absolute Gasteiger partial charge is 0.140 e. The molecule has 1 rings (SSSR count). The summed E-state index contributed by atoms with van der Waals surface area (Å²) >= 11 is 3.34. The van der Waals surface area contributed by atoms with Gasteiger partial charge in [-0.3, -0.25) is 0 Å². The van der Waals surface area contributed by atoms with Gasteiger partial charge in [-0.25, -0.2) is 0 Å². The van der Waals surface area contributed by atoms with Crippen molar-refractivity contribution in [2.45, 2.75) is 13.8 Å². The topological polar surface area (TPSA) is 42.2 Å². The number of hydrogen-bond donors (Lipinski definition) is 0. The lowest BCUT2D eigenvalue weighted by atomic mass is 10.2. The second-order valence-corrected chi connectivity index (χ2v) is 3.61. The highest BCUT2D eigenvalue weighted by atomic mass is 79.9. The Hall–Kier alpha value is -1.21. The highest BCUT2D eigenvalue weighted by Gasteiger charge is 2.09. The first kappa shape index (κ1) is 11.9. The molecule has 0 bridgehead atoms. The lowest BCUT2D eigenvalue weighted by Crippen LogP contribution is -1.98. The van der Waals surface area contributed by atoms with E-state index in [1.165, 1.54) is 0 Å². The minimum Gasteiger partial charge on any atom is -0.493 e. The van der Waals surface area contributed by atoms with E-state index in [-0.39, 0.29) is 0 Å². The van der Waals surface area contributed by atoms with Gasteiger partial charge in [0.1, 0.15) is 17.6 Å². The van der Waals surface area contributed by atoms with Crippen molar-refractivity contribution in [3.63, 3.8) is 0 Å². The van der Waals surface area contributed by atoms with Crippen molar-refractivity contribution >= 4 is 15.9 Å². The number of rotatable bonds is 4. The molecule has 1 aromatic carbocycles. The summed E-state index contributed by atoms with van der Waals surface area (Å²) in [6.07, 6.45) is 0. The van der Waals surface area contributed by atoms with Gasteiger partial charge in [-0.2, -0.15) is 5.26 Å². The number of benzene rings is 1. The Kier molecular flexibility index (Phi) is 4.44. The third kappa shape index (κ3) is 2.87. The molecule has 0 fully saturated rings. The Morgan fingerprint density at radius 1 is 1.20 bits per heavy atom. The average Bonchev–Trinajstić information content (AvgIpc) is 2.23. The van der Waals surface area contributed by atoms with Gasteiger partial charge in [-0.1, -0.05) is 0 Å². The third-order valence-electron chi connectivity index (χ3n) is 1.75. The van der Waals surface area contributed by atoms with E-state index in [0.717, 1.165) is 4.47 Å². The monoisotopic (exact) mass is 269 g/mol. The van der Waals surface area contributed by atoms with Crippen molar-refractivity contribution in [2.75, 3.05) is 13.2 Å². The molecule has 15 heavy (non-hydrogen) atoms. The number of nitriles is 1. The SMILES string of the molecule is CCOc1cc(OCC)c(C#N)cc1Br. The van der Waals surface area contributed by atoms with Crippen molar-refractivity contribution in [2.24, 2.45) is 0 Å². The minimum atomic E-state index is 0.507. The van der Waals surface area contributed by atoms with Crippen LogP contribution in [0.1, 0.15) is 19.4 Å². The second kappa shape index (κ2) is 5.62. The largest absolute Gasteiger partial charge is 0.493 e. The van der Waals surface area contributed by atoms with Crippen LogP contribution in [-0.4, -0.2) is 13.2 Å². The van der Waals surface area contributed by atoms with E-state index in [4.69, 9.17) is 14.7 Å². The van der Waals surface area contributed by atoms with E-state index in [1.807, 2.05) is 13.8 Å². The summed E-state index contributed by atoms with van der Waals surface area (Å²) in [6, 6.07) is 5.52. The first-order chi connectivity index (χ1) is 7.22. The van der Waals surface area contributed by atoms with E-state index < -0.39 is 0 Å². The third-order valence-corrected chi connectivity index (χ3v) is 2.37. The molecule has 3 nitrogen and oxygen atoms in total. The maximum atomic E-state index is 8.90. The fraction of sp³-hybridized carbons (Fsp3) is 0.364. The maximum Gasteiger partial charge on any atom is 0.140 e. The molecule has 0 amide bonds. The number of hydrogen-bond acceptors (Lipinski definition) is 3. The molecular formula is C11H12BrNO2. The van der Waals surface area contributed by atoms with Crippen LogP contribution in [-0.2, 0) is 0 Å². The molecule has 80 valence electrons. The molecule has 0 N–H and O–H groups in total. The molecular weight excluding hydrogens is 258 g/mol. The van der Waals surface area contributed by atoms with E-state index in [1.54, 1.807) is 12.1 Å². The summed E-state index contributed by atoms with van der Waals surface area (Å²) in [5, 5.41) is 8.90. The van der Waals surface area contributed by atoms with Crippen LogP contribution in [0.15, 0.2) is 16.6 Å². The summed E-state index contributed by atoms with van der Waals surface area (Å²) in [7, 11) is 0. The highest BCUT2D eigenvalue weighted by Crippen LogP contribution is 2.32. The highest BCUT2D eigenvalue weighted by molar-refractivity contribution is 9.10. The molecule has 0 unspecified atom stereocenters. The molecule has 0 saturated heterocycles. The number of ether oxygens (including phenoxy) is 2. The van der Waals surface area contributed by atoms with Crippen LogP contribution in [0, 0.1) is 11.3 Å². The van der Waals surface area contributed by atoms with E-state index in [2.05, 4.69) is 22.0 Å². The Labute approximate surface area is 97.7 Å². The zero-order valence-electron chi connectivity index (χ0n) is 8.71. The summed E-state index contributed by atoms with van der Waals surface area (Å²) in [5.74, 6) is 1.26. The van der Waals surface area contributed by atoms with Gasteiger partial charge >= 0.3 is 0 Å². The van der Waals surface area contributed by atoms with Crippen LogP contribution in [0.3, 0.4) is 0 Å². The molecule has 0 spiro atoms. The van der Waals surface area contributed by atoms with E-state index >= 15 is 0 Å². The number of nitrogens with zero attached hydrogens (tertiary/aromatic N) is 1. The molecule has 0 saturated carbocycles. The summed E-state index contributed by atoms with van der Waals surface area (Å²) in [5.41, 5.74) is 0.507. The Morgan fingerprint density at radius 3 is 2.33 bits per heavy atom. The van der Waals surface area contributed by atoms with Crippen molar-refractivity contribution in [3.05, 3.63) is 22.2 Å². The molecule has 0 atom stereocenters. The van der Waals surface area contributed by atoms with Crippen LogP contribution >= 0.6 is 15.9 Å². The summed E-state index contributed by atoms with van der Waals surface area (Å²) in [4.78, 5) is 0. The fourth-order valence-corrected chi connectivity index (χ4v) is 1.62. The molecule has 0 aromatic heterocycles. The van der Waals surface area contributed by atoms with Gasteiger partial charge in [-0.05, 0) is 35.8 Å². The first-order valence-electron chi connectivity index (χ1n) is 4.72. The fourth-order valence-electron chi connectivity index (χ4n) is 1.16. The van der Waals surface area contributed by atoms with E-state index in [9.17, 15) is 0 Å². The Morgan fingerprint density at radius 2 is 1.80 bits per heavy atom. The standard InChI is InChI=1S/C11H12BrNO2/c1-3-14-10-6-11(15-4-2)9(12)5-8(10)7-13/h5-6H,3-4H2,1-2H3. The van der Waals surface area contributed by atoms with Gasteiger partial charge < -0.3 is 9.47 Å². The molecule has 0 aliphatic carbocycles. The van der Waals surface area contributed by atoms with Gasteiger partial charge in [0.25, 0.3) is 0 Å². The predicted octanol–water partition coefficient (Wildman–Crippen LogP) is 3.12. The van der Waals surface area contributed by atoms with Crippen LogP contribution in [0.5, 0.6) is 11.5 Å². The molecule has 0 radical (unpaired) electrons. The normalized spacial score (nSPS) is 9.47. The Bertz CT molecular complexity index is 385. The lowest BCUT2D eigenvalue weighted by molar-refractivity contribution is 0.321. The van der Waals surface area contributed by atoms with Crippen LogP contribution in [0.25, 0.3) is 0 Å². The molecule has 0 aliphatic rings. The van der Waals surface area contributed by atoms with Gasteiger partial charge in [0.15, 0.2) is 0 Å². The first-order valence-corrected chi connectivity index (χ1v) is 5.51. The zero-order valence-corrected chi connectivity index (χ0v) is 10.3. The maximum absolute atomic E-state index is 8.90. The van der Waals surface area contributed by atoms with Gasteiger partial charge in [0.05, 0.1) is 23.2 Å². The van der Waals surface area contributed by atoms with Crippen LogP contribution < -0.4 is 9.47 Å². The van der Waals surface area contributed by atoms with E-state index in [0.29, 0.717) is 30.3 Å². The molecule has 0 aliphatic heterocycles. The van der Waals surface area contributed by atoms with Crippen LogP contribution in [0.2, 0.25) is 0 Å². The zero-order chi connectivity index (χ0) is 11.3. The van der Waals surface area contributed by atoms with Crippen molar-refractivity contribution in [1.82, 2.24) is 0 Å². The molecule has 4 heteroatoms. The van der Waals surface area contributed by atoms with Gasteiger partial charge in [0, 0.05) is 6.07 Å². The average molecular weight is 270 g/mol. The molecule has 0 heterocycles. The second-order valence-electron chi connectivity index (χ2n) is 2.76. The number of halogens is 1. The quantitative estimate of drug-likeness (QED) is 0.844. The van der Waals surface area contributed by atoms with Gasteiger partial charge in [-0.15, -0.1) is 0 Å². The molecule has 1 aromatic rings. The van der Waals surface area contributed by atoms with Crippen LogP contribution in [0.4, 0.5) is 0 Å². The summed E-state index contributed by atoms with van der Waals surface area (Å²) in [6.45, 7) is 4.90. The van der Waals surface area contributed by atoms with Crippen molar-refractivity contribution in [3.8, 4) is 17.6 Å². The van der Waals surface area contributed by atoms with Gasteiger partial charge in [0.2, 0.25) is 0 Å². The minimum absolute atomic E-state index is 0.507. The summed E-state index contributed by atoms with van der Waals surface area (Å²) < 4.78 is 11.5. The lowest BCUT2D eigenvalue weighted by Gasteiger charge is -2.10.